The lowest BCUT2D eigenvalue weighted by atomic mass is 10.2. The fourth-order valence-electron chi connectivity index (χ4n) is 3.23. The van der Waals surface area contributed by atoms with Crippen LogP contribution in [0.1, 0.15) is 6.42 Å². The van der Waals surface area contributed by atoms with Gasteiger partial charge in [-0.2, -0.15) is 0 Å². The van der Waals surface area contributed by atoms with Crippen LogP contribution in [0.5, 0.6) is 0 Å². The van der Waals surface area contributed by atoms with E-state index in [1.807, 2.05) is 12.1 Å². The molecule has 1 aromatic heterocycles. The summed E-state index contributed by atoms with van der Waals surface area (Å²) in [7, 11) is 1.72. The molecule has 1 unspecified atom stereocenters. The highest BCUT2D eigenvalue weighted by Gasteiger charge is 2.25. The Morgan fingerprint density at radius 2 is 2.17 bits per heavy atom. The molecule has 0 saturated carbocycles. The highest BCUT2D eigenvalue weighted by Crippen LogP contribution is 2.25. The van der Waals surface area contributed by atoms with Gasteiger partial charge in [0, 0.05) is 51.5 Å². The first kappa shape index (κ1) is 20.7. The molecule has 2 aromatic rings. The van der Waals surface area contributed by atoms with Crippen molar-refractivity contribution in [1.29, 1.82) is 0 Å². The summed E-state index contributed by atoms with van der Waals surface area (Å²) in [5.41, 5.74) is 0.565. The van der Waals surface area contributed by atoms with Gasteiger partial charge in [0.1, 0.15) is 11.5 Å². The van der Waals surface area contributed by atoms with Gasteiger partial charge in [0.05, 0.1) is 9.95 Å². The number of nitrogens with zero attached hydrogens (tertiary/aromatic N) is 4. The van der Waals surface area contributed by atoms with Crippen molar-refractivity contribution in [2.75, 3.05) is 43.4 Å². The third-order valence-corrected chi connectivity index (χ3v) is 4.92. The van der Waals surface area contributed by atoms with Gasteiger partial charge < -0.3 is 20.9 Å². The number of para-hydroxylation sites is 2. The molecular formula is C19H24ClN7O2. The lowest BCUT2D eigenvalue weighted by Crippen LogP contribution is -2.45. The fraction of sp³-hybridized carbons (Fsp3) is 0.368. The zero-order valence-corrected chi connectivity index (χ0v) is 16.9. The van der Waals surface area contributed by atoms with Crippen LogP contribution in [0.2, 0.25) is 5.02 Å². The predicted molar refractivity (Wildman–Crippen MR) is 116 cm³/mol. The van der Waals surface area contributed by atoms with E-state index in [1.165, 1.54) is 6.07 Å². The van der Waals surface area contributed by atoms with Crippen LogP contribution in [0, 0.1) is 10.1 Å². The van der Waals surface area contributed by atoms with Crippen molar-refractivity contribution >= 4 is 34.8 Å². The van der Waals surface area contributed by atoms with Crippen molar-refractivity contribution in [3.8, 4) is 0 Å². The zero-order chi connectivity index (χ0) is 20.6. The van der Waals surface area contributed by atoms with Crippen LogP contribution in [0.4, 0.5) is 17.2 Å². The number of halogens is 1. The van der Waals surface area contributed by atoms with E-state index in [0.29, 0.717) is 29.8 Å². The lowest BCUT2D eigenvalue weighted by Gasteiger charge is -2.20. The van der Waals surface area contributed by atoms with Crippen molar-refractivity contribution in [1.82, 2.24) is 15.6 Å². The second-order valence-electron chi connectivity index (χ2n) is 6.58. The van der Waals surface area contributed by atoms with E-state index >= 15 is 0 Å². The van der Waals surface area contributed by atoms with Crippen LogP contribution < -0.4 is 20.9 Å². The second-order valence-corrected chi connectivity index (χ2v) is 6.99. The van der Waals surface area contributed by atoms with Crippen LogP contribution in [0.15, 0.2) is 47.6 Å². The topological polar surface area (TPSA) is 108 Å². The Kier molecular flexibility index (Phi) is 7.07. The van der Waals surface area contributed by atoms with E-state index in [1.54, 1.807) is 31.4 Å². The number of rotatable bonds is 7. The van der Waals surface area contributed by atoms with E-state index in [0.717, 1.165) is 25.3 Å². The van der Waals surface area contributed by atoms with E-state index in [2.05, 4.69) is 30.8 Å². The summed E-state index contributed by atoms with van der Waals surface area (Å²) in [6, 6.07) is 10.5. The maximum atomic E-state index is 11.1. The number of guanidine groups is 1. The number of anilines is 2. The van der Waals surface area contributed by atoms with Crippen molar-refractivity contribution in [3.05, 3.63) is 57.7 Å². The minimum absolute atomic E-state index is 0.0641. The minimum atomic E-state index is -0.393. The number of pyridine rings is 1. The smallest absolute Gasteiger partial charge is 0.292 e. The van der Waals surface area contributed by atoms with Gasteiger partial charge in [0.2, 0.25) is 0 Å². The molecule has 3 N–H and O–H groups in total. The average molecular weight is 418 g/mol. The highest BCUT2D eigenvalue weighted by molar-refractivity contribution is 6.32. The maximum Gasteiger partial charge on any atom is 0.292 e. The van der Waals surface area contributed by atoms with Crippen LogP contribution in [-0.2, 0) is 0 Å². The summed E-state index contributed by atoms with van der Waals surface area (Å²) >= 11 is 6.24. The van der Waals surface area contributed by atoms with Gasteiger partial charge in [-0.3, -0.25) is 15.1 Å². The number of aromatic nitrogens is 1. The average Bonchev–Trinajstić information content (AvgIpc) is 3.19. The van der Waals surface area contributed by atoms with Crippen LogP contribution in [-0.4, -0.2) is 55.1 Å². The van der Waals surface area contributed by atoms with E-state index in [4.69, 9.17) is 11.6 Å². The van der Waals surface area contributed by atoms with Gasteiger partial charge in [0.25, 0.3) is 5.69 Å². The molecule has 1 aromatic carbocycles. The molecule has 2 heterocycles. The second kappa shape index (κ2) is 9.92. The first-order valence-corrected chi connectivity index (χ1v) is 9.76. The molecule has 1 fully saturated rings. The monoisotopic (exact) mass is 417 g/mol. The molecule has 9 nitrogen and oxygen atoms in total. The van der Waals surface area contributed by atoms with E-state index in [9.17, 15) is 10.1 Å². The van der Waals surface area contributed by atoms with Crippen LogP contribution in [0.3, 0.4) is 0 Å². The van der Waals surface area contributed by atoms with Gasteiger partial charge in [-0.25, -0.2) is 4.98 Å². The van der Waals surface area contributed by atoms with E-state index in [-0.39, 0.29) is 11.7 Å². The predicted octanol–water partition coefficient (Wildman–Crippen LogP) is 2.50. The van der Waals surface area contributed by atoms with Crippen molar-refractivity contribution < 1.29 is 4.92 Å². The quantitative estimate of drug-likeness (QED) is 0.209. The SMILES string of the molecule is CN=C(NCCNc1ccccc1[N+](=O)[O-])NC1CCN(c2ncccc2Cl)C1. The minimum Gasteiger partial charge on any atom is -0.378 e. The molecule has 0 radical (unpaired) electrons. The Hall–Kier alpha value is -3.07. The molecule has 0 bridgehead atoms. The Morgan fingerprint density at radius 3 is 2.93 bits per heavy atom. The molecule has 1 saturated heterocycles. The van der Waals surface area contributed by atoms with Gasteiger partial charge in [-0.1, -0.05) is 23.7 Å². The number of benzene rings is 1. The zero-order valence-electron chi connectivity index (χ0n) is 16.1. The van der Waals surface area contributed by atoms with Gasteiger partial charge in [-0.05, 0) is 24.6 Å². The molecule has 29 heavy (non-hydrogen) atoms. The van der Waals surface area contributed by atoms with Crippen molar-refractivity contribution in [2.24, 2.45) is 4.99 Å². The molecule has 0 aliphatic carbocycles. The summed E-state index contributed by atoms with van der Waals surface area (Å²) in [6.45, 7) is 2.73. The van der Waals surface area contributed by atoms with E-state index < -0.39 is 4.92 Å². The third-order valence-electron chi connectivity index (χ3n) is 4.62. The summed E-state index contributed by atoms with van der Waals surface area (Å²) in [4.78, 5) is 21.4. The number of hydrogen-bond donors (Lipinski definition) is 3. The molecule has 154 valence electrons. The van der Waals surface area contributed by atoms with Gasteiger partial charge in [-0.15, -0.1) is 0 Å². The van der Waals surface area contributed by atoms with Crippen molar-refractivity contribution in [3.63, 3.8) is 0 Å². The van der Waals surface area contributed by atoms with Gasteiger partial charge in [0.15, 0.2) is 5.96 Å². The number of nitro groups is 1. The number of nitro benzene ring substituents is 1. The molecule has 10 heteroatoms. The fourth-order valence-corrected chi connectivity index (χ4v) is 3.47. The van der Waals surface area contributed by atoms with Crippen LogP contribution >= 0.6 is 11.6 Å². The Balaban J connectivity index is 1.45. The Morgan fingerprint density at radius 1 is 1.34 bits per heavy atom. The van der Waals surface area contributed by atoms with Crippen LogP contribution in [0.25, 0.3) is 0 Å². The highest BCUT2D eigenvalue weighted by atomic mass is 35.5. The molecule has 1 atom stereocenters. The first-order valence-electron chi connectivity index (χ1n) is 9.38. The Bertz CT molecular complexity index is 877. The maximum absolute atomic E-state index is 11.1. The lowest BCUT2D eigenvalue weighted by molar-refractivity contribution is -0.384. The Labute approximate surface area is 174 Å². The molecule has 1 aliphatic rings. The molecule has 0 spiro atoms. The molecular weight excluding hydrogens is 394 g/mol. The number of hydrogen-bond acceptors (Lipinski definition) is 6. The normalized spacial score (nSPS) is 16.6. The third kappa shape index (κ3) is 5.47. The molecule has 1 aliphatic heterocycles. The van der Waals surface area contributed by atoms with Gasteiger partial charge >= 0.3 is 0 Å². The number of aliphatic imine (C=N–C) groups is 1. The summed E-state index contributed by atoms with van der Waals surface area (Å²) in [5.74, 6) is 1.49. The molecule has 0 amide bonds. The summed E-state index contributed by atoms with van der Waals surface area (Å²) in [5, 5.41) is 21.4. The largest absolute Gasteiger partial charge is 0.378 e. The summed E-state index contributed by atoms with van der Waals surface area (Å²) < 4.78 is 0. The standard InChI is InChI=1S/C19H24ClN7O2/c1-21-19(24-11-10-22-16-6-2-3-7-17(16)27(28)29)25-14-8-12-26(13-14)18-15(20)5-4-9-23-18/h2-7,9,14,22H,8,10-13H2,1H3,(H2,21,24,25). The van der Waals surface area contributed by atoms with Crippen molar-refractivity contribution in [2.45, 2.75) is 12.5 Å². The number of nitrogens with one attached hydrogen (secondary N) is 3. The first-order chi connectivity index (χ1) is 14.1. The molecule has 3 rings (SSSR count). The summed E-state index contributed by atoms with van der Waals surface area (Å²) in [6.07, 6.45) is 2.69.